The third kappa shape index (κ3) is 5.31. The summed E-state index contributed by atoms with van der Waals surface area (Å²) in [7, 11) is 1.90. The minimum Gasteiger partial charge on any atom is -0.354 e. The van der Waals surface area contributed by atoms with E-state index < -0.39 is 0 Å². The van der Waals surface area contributed by atoms with Crippen molar-refractivity contribution in [1.82, 2.24) is 19.7 Å². The van der Waals surface area contributed by atoms with E-state index in [0.29, 0.717) is 11.7 Å². The van der Waals surface area contributed by atoms with Crippen LogP contribution in [-0.2, 0) is 18.4 Å². The van der Waals surface area contributed by atoms with Crippen molar-refractivity contribution >= 4 is 39.8 Å². The molecule has 0 unspecified atom stereocenters. The first-order chi connectivity index (χ1) is 15.1. The third-order valence-corrected chi connectivity index (χ3v) is 6.47. The molecule has 2 heterocycles. The molecule has 31 heavy (non-hydrogen) atoms. The van der Waals surface area contributed by atoms with Gasteiger partial charge in [0.15, 0.2) is 16.1 Å². The largest absolute Gasteiger partial charge is 0.354 e. The van der Waals surface area contributed by atoms with Gasteiger partial charge in [0.1, 0.15) is 0 Å². The van der Waals surface area contributed by atoms with Crippen LogP contribution in [0.5, 0.6) is 0 Å². The van der Waals surface area contributed by atoms with Gasteiger partial charge >= 0.3 is 0 Å². The molecule has 1 amide bonds. The second-order valence-corrected chi connectivity index (χ2v) is 8.67. The number of nitrogens with zero attached hydrogens (tertiary/aromatic N) is 4. The topological polar surface area (TPSA) is 84.7 Å². The molecular weight excluding hydrogens is 428 g/mol. The average molecular weight is 451 g/mol. The molecule has 4 aromatic rings. The van der Waals surface area contributed by atoms with Crippen molar-refractivity contribution in [2.24, 2.45) is 7.05 Å². The first-order valence-corrected chi connectivity index (χ1v) is 11.6. The van der Waals surface area contributed by atoms with Crippen LogP contribution in [0.25, 0.3) is 11.3 Å². The van der Waals surface area contributed by atoms with Crippen LogP contribution in [-0.4, -0.2) is 31.4 Å². The Morgan fingerprint density at radius 1 is 1.10 bits per heavy atom. The predicted molar refractivity (Wildman–Crippen MR) is 126 cm³/mol. The van der Waals surface area contributed by atoms with Crippen molar-refractivity contribution < 1.29 is 4.79 Å². The fourth-order valence-electron chi connectivity index (χ4n) is 2.91. The van der Waals surface area contributed by atoms with Crippen molar-refractivity contribution in [3.8, 4) is 11.3 Å². The predicted octanol–water partition coefficient (Wildman–Crippen LogP) is 4.59. The number of anilines is 2. The summed E-state index contributed by atoms with van der Waals surface area (Å²) in [4.78, 5) is 16.9. The smallest absolute Gasteiger partial charge is 0.234 e. The lowest BCUT2D eigenvalue weighted by Crippen LogP contribution is -2.15. The number of benzene rings is 2. The van der Waals surface area contributed by atoms with E-state index in [-0.39, 0.29) is 11.7 Å². The standard InChI is InChI=1S/C22H22N6OS2/c1-15-8-6-7-11-17(15)24-20(29)14-31-22-27-26-19(28(22)2)12-23-21-25-18(13-30-21)16-9-4-3-5-10-16/h3-11,13H,12,14H2,1-2H3,(H,23,25)(H,24,29). The highest BCUT2D eigenvalue weighted by Crippen LogP contribution is 2.25. The lowest BCUT2D eigenvalue weighted by atomic mass is 10.2. The van der Waals surface area contributed by atoms with Gasteiger partial charge in [-0.05, 0) is 18.6 Å². The molecule has 2 aromatic heterocycles. The van der Waals surface area contributed by atoms with Gasteiger partial charge in [-0.2, -0.15) is 0 Å². The van der Waals surface area contributed by atoms with Crippen LogP contribution in [0.3, 0.4) is 0 Å². The molecular formula is C22H22N6OS2. The van der Waals surface area contributed by atoms with Crippen molar-refractivity contribution in [2.45, 2.75) is 18.6 Å². The van der Waals surface area contributed by atoms with Crippen LogP contribution in [0.4, 0.5) is 10.8 Å². The summed E-state index contributed by atoms with van der Waals surface area (Å²) in [5.74, 6) is 0.970. The maximum atomic E-state index is 12.3. The highest BCUT2D eigenvalue weighted by atomic mass is 32.2. The Morgan fingerprint density at radius 2 is 1.87 bits per heavy atom. The van der Waals surface area contributed by atoms with Crippen molar-refractivity contribution in [2.75, 3.05) is 16.4 Å². The van der Waals surface area contributed by atoms with Crippen molar-refractivity contribution in [3.05, 3.63) is 71.4 Å². The molecule has 0 bridgehead atoms. The Morgan fingerprint density at radius 3 is 2.68 bits per heavy atom. The van der Waals surface area contributed by atoms with E-state index in [9.17, 15) is 4.79 Å². The van der Waals surface area contributed by atoms with Crippen LogP contribution in [0.2, 0.25) is 0 Å². The molecule has 4 rings (SSSR count). The molecule has 0 fully saturated rings. The van der Waals surface area contributed by atoms with Crippen molar-refractivity contribution in [1.29, 1.82) is 0 Å². The Kier molecular flexibility index (Phi) is 6.63. The second kappa shape index (κ2) is 9.76. The Hall–Kier alpha value is -3.17. The number of para-hydroxylation sites is 1. The molecule has 0 spiro atoms. The molecule has 0 radical (unpaired) electrons. The Bertz CT molecular complexity index is 1170. The molecule has 0 saturated heterocycles. The summed E-state index contributed by atoms with van der Waals surface area (Å²) in [5, 5.41) is 18.3. The van der Waals surface area contributed by atoms with Gasteiger partial charge in [0, 0.05) is 23.7 Å². The van der Waals surface area contributed by atoms with Crippen LogP contribution in [0.1, 0.15) is 11.4 Å². The molecule has 0 aliphatic rings. The molecule has 2 N–H and O–H groups in total. The van der Waals surface area contributed by atoms with E-state index in [1.807, 2.05) is 78.5 Å². The highest BCUT2D eigenvalue weighted by molar-refractivity contribution is 7.99. The Balaban J connectivity index is 1.31. The zero-order chi connectivity index (χ0) is 21.6. The molecule has 0 aliphatic carbocycles. The zero-order valence-electron chi connectivity index (χ0n) is 17.2. The van der Waals surface area contributed by atoms with Gasteiger partial charge in [0.25, 0.3) is 0 Å². The van der Waals surface area contributed by atoms with Gasteiger partial charge in [0.05, 0.1) is 18.0 Å². The molecule has 0 saturated carbocycles. The molecule has 0 aliphatic heterocycles. The maximum absolute atomic E-state index is 12.3. The van der Waals surface area contributed by atoms with Crippen LogP contribution < -0.4 is 10.6 Å². The first-order valence-electron chi connectivity index (χ1n) is 9.71. The number of rotatable bonds is 8. The van der Waals surface area contributed by atoms with E-state index in [2.05, 4.69) is 25.8 Å². The molecule has 2 aromatic carbocycles. The quantitative estimate of drug-likeness (QED) is 0.382. The van der Waals surface area contributed by atoms with E-state index in [1.165, 1.54) is 11.8 Å². The van der Waals surface area contributed by atoms with Gasteiger partial charge in [-0.3, -0.25) is 4.79 Å². The number of aryl methyl sites for hydroxylation is 1. The van der Waals surface area contributed by atoms with Crippen LogP contribution in [0.15, 0.2) is 65.1 Å². The van der Waals surface area contributed by atoms with Crippen molar-refractivity contribution in [3.63, 3.8) is 0 Å². The number of amides is 1. The Labute approximate surface area is 188 Å². The fourth-order valence-corrected chi connectivity index (χ4v) is 4.35. The van der Waals surface area contributed by atoms with Crippen LogP contribution >= 0.6 is 23.1 Å². The molecule has 158 valence electrons. The normalized spacial score (nSPS) is 10.8. The average Bonchev–Trinajstić information content (AvgIpc) is 3.40. The number of carbonyl (C=O) groups excluding carboxylic acids is 1. The summed E-state index contributed by atoms with van der Waals surface area (Å²) in [6.45, 7) is 2.47. The summed E-state index contributed by atoms with van der Waals surface area (Å²) in [5.41, 5.74) is 3.90. The van der Waals surface area contributed by atoms with Gasteiger partial charge in [-0.25, -0.2) is 4.98 Å². The minimum absolute atomic E-state index is 0.0711. The van der Waals surface area contributed by atoms with Gasteiger partial charge in [-0.1, -0.05) is 60.3 Å². The second-order valence-electron chi connectivity index (χ2n) is 6.87. The van der Waals surface area contributed by atoms with Crippen LogP contribution in [0, 0.1) is 6.92 Å². The first kappa shape index (κ1) is 21.1. The van der Waals surface area contributed by atoms with E-state index in [1.54, 1.807) is 11.3 Å². The lowest BCUT2D eigenvalue weighted by molar-refractivity contribution is -0.113. The number of nitrogens with one attached hydrogen (secondary N) is 2. The lowest BCUT2D eigenvalue weighted by Gasteiger charge is -2.08. The SMILES string of the molecule is Cc1ccccc1NC(=O)CSc1nnc(CNc2nc(-c3ccccc3)cs2)n1C. The fraction of sp³-hybridized carbons (Fsp3) is 0.182. The summed E-state index contributed by atoms with van der Waals surface area (Å²) in [6.07, 6.45) is 0. The highest BCUT2D eigenvalue weighted by Gasteiger charge is 2.13. The van der Waals surface area contributed by atoms with Gasteiger partial charge in [-0.15, -0.1) is 21.5 Å². The monoisotopic (exact) mass is 450 g/mol. The number of thiazole rings is 1. The van der Waals surface area contributed by atoms with E-state index in [0.717, 1.165) is 33.5 Å². The summed E-state index contributed by atoms with van der Waals surface area (Å²) < 4.78 is 1.89. The number of thioether (sulfide) groups is 1. The van der Waals surface area contributed by atoms with Gasteiger partial charge < -0.3 is 15.2 Å². The van der Waals surface area contributed by atoms with E-state index in [4.69, 9.17) is 0 Å². The molecule has 7 nitrogen and oxygen atoms in total. The molecule has 0 atom stereocenters. The maximum Gasteiger partial charge on any atom is 0.234 e. The number of carbonyl (C=O) groups is 1. The van der Waals surface area contributed by atoms with E-state index >= 15 is 0 Å². The zero-order valence-corrected chi connectivity index (χ0v) is 18.8. The summed E-state index contributed by atoms with van der Waals surface area (Å²) >= 11 is 2.92. The summed E-state index contributed by atoms with van der Waals surface area (Å²) in [6, 6.07) is 17.8. The number of aromatic nitrogens is 4. The number of hydrogen-bond acceptors (Lipinski definition) is 7. The van der Waals surface area contributed by atoms with Gasteiger partial charge in [0.2, 0.25) is 5.91 Å². The number of hydrogen-bond donors (Lipinski definition) is 2. The third-order valence-electron chi connectivity index (χ3n) is 4.65. The minimum atomic E-state index is -0.0711. The molecule has 9 heteroatoms.